The molecule has 0 radical (unpaired) electrons. The van der Waals surface area contributed by atoms with Crippen LogP contribution in [0.25, 0.3) is 0 Å². The lowest BCUT2D eigenvalue weighted by atomic mass is 10.1. The summed E-state index contributed by atoms with van der Waals surface area (Å²) in [5.74, 6) is 0. The van der Waals surface area contributed by atoms with Gasteiger partial charge in [-0.25, -0.2) is 0 Å². The van der Waals surface area contributed by atoms with Crippen molar-refractivity contribution in [3.63, 3.8) is 0 Å². The third kappa shape index (κ3) is 3.48. The van der Waals surface area contributed by atoms with Gasteiger partial charge >= 0.3 is 0 Å². The topological polar surface area (TPSA) is 55.2 Å². The number of nitrogens with one attached hydrogen (secondary N) is 1. The molecule has 4 nitrogen and oxygen atoms in total. The second kappa shape index (κ2) is 6.39. The highest BCUT2D eigenvalue weighted by molar-refractivity contribution is 6.32. The predicted molar refractivity (Wildman–Crippen MR) is 81.3 cm³/mol. The van der Waals surface area contributed by atoms with E-state index in [1.165, 1.54) is 11.6 Å². The van der Waals surface area contributed by atoms with Crippen LogP contribution >= 0.6 is 11.6 Å². The first kappa shape index (κ1) is 14.3. The highest BCUT2D eigenvalue weighted by atomic mass is 35.5. The van der Waals surface area contributed by atoms with E-state index in [1.54, 1.807) is 12.1 Å². The maximum Gasteiger partial charge on any atom is 0.288 e. The minimum absolute atomic E-state index is 0.0792. The molecule has 104 valence electrons. The van der Waals surface area contributed by atoms with Crippen molar-refractivity contribution in [3.8, 4) is 0 Å². The van der Waals surface area contributed by atoms with Crippen molar-refractivity contribution in [2.75, 3.05) is 5.32 Å². The van der Waals surface area contributed by atoms with Gasteiger partial charge in [0.2, 0.25) is 0 Å². The Morgan fingerprint density at radius 3 is 2.35 bits per heavy atom. The van der Waals surface area contributed by atoms with Gasteiger partial charge in [-0.15, -0.1) is 0 Å². The lowest BCUT2D eigenvalue weighted by Crippen LogP contribution is -2.00. The summed E-state index contributed by atoms with van der Waals surface area (Å²) in [6.45, 7) is 2.77. The van der Waals surface area contributed by atoms with Crippen LogP contribution in [0.4, 0.5) is 11.4 Å². The molecule has 5 heteroatoms. The Labute approximate surface area is 122 Å². The molecular formula is C15H15ClN2O2. The van der Waals surface area contributed by atoms with Crippen LogP contribution in [0.1, 0.15) is 18.1 Å². The zero-order valence-corrected chi connectivity index (χ0v) is 11.9. The van der Waals surface area contributed by atoms with E-state index in [0.717, 1.165) is 17.7 Å². The van der Waals surface area contributed by atoms with Gasteiger partial charge in [-0.2, -0.15) is 0 Å². The fraction of sp³-hybridized carbons (Fsp3) is 0.200. The predicted octanol–water partition coefficient (Wildman–Crippen LogP) is 4.42. The summed E-state index contributed by atoms with van der Waals surface area (Å²) in [7, 11) is 0. The maximum atomic E-state index is 10.7. The molecule has 0 aromatic heterocycles. The average Bonchev–Trinajstić information content (AvgIpc) is 2.45. The third-order valence-electron chi connectivity index (χ3n) is 3.07. The van der Waals surface area contributed by atoms with Crippen LogP contribution in [0.5, 0.6) is 0 Å². The smallest absolute Gasteiger partial charge is 0.288 e. The first-order valence-corrected chi connectivity index (χ1v) is 6.73. The Bertz CT molecular complexity index is 612. The van der Waals surface area contributed by atoms with Gasteiger partial charge in [0.25, 0.3) is 5.69 Å². The Hall–Kier alpha value is -2.07. The van der Waals surface area contributed by atoms with Gasteiger partial charge in [-0.05, 0) is 29.7 Å². The molecule has 0 amide bonds. The van der Waals surface area contributed by atoms with Crippen molar-refractivity contribution in [2.45, 2.75) is 19.9 Å². The number of benzene rings is 2. The fourth-order valence-corrected chi connectivity index (χ4v) is 2.11. The zero-order valence-electron chi connectivity index (χ0n) is 11.1. The van der Waals surface area contributed by atoms with E-state index in [0.29, 0.717) is 6.54 Å². The van der Waals surface area contributed by atoms with Crippen LogP contribution < -0.4 is 5.32 Å². The molecule has 0 saturated heterocycles. The van der Waals surface area contributed by atoms with Crippen LogP contribution in [0.2, 0.25) is 5.02 Å². The van der Waals surface area contributed by atoms with Gasteiger partial charge in [0.15, 0.2) is 0 Å². The van der Waals surface area contributed by atoms with Gasteiger partial charge in [0.1, 0.15) is 5.02 Å². The fourth-order valence-electron chi connectivity index (χ4n) is 1.86. The summed E-state index contributed by atoms with van der Waals surface area (Å²) in [6.07, 6.45) is 1.02. The Morgan fingerprint density at radius 2 is 1.80 bits per heavy atom. The molecule has 0 fully saturated rings. The molecule has 0 aliphatic rings. The van der Waals surface area contributed by atoms with Gasteiger partial charge in [-0.1, -0.05) is 42.8 Å². The normalized spacial score (nSPS) is 10.3. The molecular weight excluding hydrogens is 276 g/mol. The van der Waals surface area contributed by atoms with E-state index in [2.05, 4.69) is 36.5 Å². The number of rotatable bonds is 5. The third-order valence-corrected chi connectivity index (χ3v) is 3.37. The Balaban J connectivity index is 2.03. The number of nitro benzene ring substituents is 1. The number of halogens is 1. The van der Waals surface area contributed by atoms with Gasteiger partial charge in [0.05, 0.1) is 4.92 Å². The second-order valence-electron chi connectivity index (χ2n) is 4.45. The highest BCUT2D eigenvalue weighted by Crippen LogP contribution is 2.27. The van der Waals surface area contributed by atoms with E-state index in [1.807, 2.05) is 0 Å². The molecule has 2 aromatic rings. The van der Waals surface area contributed by atoms with Crippen molar-refractivity contribution in [3.05, 3.63) is 68.7 Å². The van der Waals surface area contributed by atoms with Crippen LogP contribution in [0.3, 0.4) is 0 Å². The van der Waals surface area contributed by atoms with Crippen LogP contribution in [0, 0.1) is 10.1 Å². The van der Waals surface area contributed by atoms with E-state index in [4.69, 9.17) is 11.6 Å². The number of nitro groups is 1. The van der Waals surface area contributed by atoms with Crippen molar-refractivity contribution >= 4 is 23.0 Å². The zero-order chi connectivity index (χ0) is 14.5. The minimum atomic E-state index is -0.490. The summed E-state index contributed by atoms with van der Waals surface area (Å²) in [4.78, 5) is 10.2. The van der Waals surface area contributed by atoms with E-state index in [-0.39, 0.29) is 10.7 Å². The monoisotopic (exact) mass is 290 g/mol. The van der Waals surface area contributed by atoms with Crippen molar-refractivity contribution in [1.29, 1.82) is 0 Å². The molecule has 1 N–H and O–H groups in total. The summed E-state index contributed by atoms with van der Waals surface area (Å²) in [6, 6.07) is 13.0. The molecule has 0 spiro atoms. The lowest BCUT2D eigenvalue weighted by Gasteiger charge is -2.07. The molecule has 2 aromatic carbocycles. The summed E-state index contributed by atoms with van der Waals surface area (Å²) in [5, 5.41) is 14.0. The van der Waals surface area contributed by atoms with Crippen molar-refractivity contribution in [2.24, 2.45) is 0 Å². The van der Waals surface area contributed by atoms with E-state index < -0.39 is 4.92 Å². The molecule has 0 saturated carbocycles. The Kier molecular flexibility index (Phi) is 4.58. The standard InChI is InChI=1S/C15H15ClN2O2/c1-2-11-3-5-12(6-4-11)10-17-13-7-8-15(18(19)20)14(16)9-13/h3-9,17H,2,10H2,1H3. The largest absolute Gasteiger partial charge is 0.381 e. The van der Waals surface area contributed by atoms with Gasteiger partial charge in [0, 0.05) is 18.3 Å². The van der Waals surface area contributed by atoms with E-state index in [9.17, 15) is 10.1 Å². The molecule has 2 rings (SSSR count). The van der Waals surface area contributed by atoms with Crippen LogP contribution in [0.15, 0.2) is 42.5 Å². The van der Waals surface area contributed by atoms with Gasteiger partial charge < -0.3 is 5.32 Å². The lowest BCUT2D eigenvalue weighted by molar-refractivity contribution is -0.384. The Morgan fingerprint density at radius 1 is 1.15 bits per heavy atom. The van der Waals surface area contributed by atoms with Crippen molar-refractivity contribution < 1.29 is 4.92 Å². The average molecular weight is 291 g/mol. The first-order valence-electron chi connectivity index (χ1n) is 6.35. The number of nitrogens with zero attached hydrogens (tertiary/aromatic N) is 1. The number of hydrogen-bond donors (Lipinski definition) is 1. The summed E-state index contributed by atoms with van der Waals surface area (Å²) < 4.78 is 0. The van der Waals surface area contributed by atoms with E-state index >= 15 is 0 Å². The quantitative estimate of drug-likeness (QED) is 0.655. The number of aryl methyl sites for hydroxylation is 1. The molecule has 0 aliphatic heterocycles. The molecule has 0 unspecified atom stereocenters. The molecule has 0 bridgehead atoms. The molecule has 0 aliphatic carbocycles. The van der Waals surface area contributed by atoms with Crippen LogP contribution in [-0.4, -0.2) is 4.92 Å². The molecule has 0 heterocycles. The number of anilines is 1. The van der Waals surface area contributed by atoms with Crippen LogP contribution in [-0.2, 0) is 13.0 Å². The summed E-state index contributed by atoms with van der Waals surface area (Å²) in [5.41, 5.74) is 3.13. The molecule has 0 atom stereocenters. The van der Waals surface area contributed by atoms with Crippen molar-refractivity contribution in [1.82, 2.24) is 0 Å². The first-order chi connectivity index (χ1) is 9.60. The highest BCUT2D eigenvalue weighted by Gasteiger charge is 2.11. The SMILES string of the molecule is CCc1ccc(CNc2ccc([N+](=O)[O-])c(Cl)c2)cc1. The second-order valence-corrected chi connectivity index (χ2v) is 4.85. The number of hydrogen-bond acceptors (Lipinski definition) is 3. The minimum Gasteiger partial charge on any atom is -0.381 e. The molecule has 20 heavy (non-hydrogen) atoms. The maximum absolute atomic E-state index is 10.7. The summed E-state index contributed by atoms with van der Waals surface area (Å²) >= 11 is 5.86. The van der Waals surface area contributed by atoms with Gasteiger partial charge in [-0.3, -0.25) is 10.1 Å².